The summed E-state index contributed by atoms with van der Waals surface area (Å²) >= 11 is 12.1. The van der Waals surface area contributed by atoms with E-state index in [9.17, 15) is 13.2 Å². The van der Waals surface area contributed by atoms with Crippen LogP contribution in [-0.4, -0.2) is 58.0 Å². The van der Waals surface area contributed by atoms with Crippen molar-refractivity contribution < 1.29 is 17.9 Å². The Balaban J connectivity index is 1.36. The van der Waals surface area contributed by atoms with Gasteiger partial charge >= 0.3 is 0 Å². The number of carbonyl (C=O) groups excluding carboxylic acids is 1. The maximum atomic E-state index is 13.0. The molecule has 0 aliphatic carbocycles. The van der Waals surface area contributed by atoms with Crippen molar-refractivity contribution in [3.05, 3.63) is 58.1 Å². The second kappa shape index (κ2) is 10.6. The first kappa shape index (κ1) is 24.3. The lowest BCUT2D eigenvalue weighted by Gasteiger charge is -2.31. The summed E-state index contributed by atoms with van der Waals surface area (Å²) in [5.74, 6) is -0.799. The van der Waals surface area contributed by atoms with Gasteiger partial charge in [-0.15, -0.1) is 0 Å². The zero-order valence-electron chi connectivity index (χ0n) is 18.2. The van der Waals surface area contributed by atoms with Gasteiger partial charge in [0.05, 0.1) is 24.9 Å². The highest BCUT2D eigenvalue weighted by atomic mass is 35.5. The van der Waals surface area contributed by atoms with E-state index < -0.39 is 15.9 Å². The number of sulfonamides is 1. The lowest BCUT2D eigenvalue weighted by Crippen LogP contribution is -2.44. The van der Waals surface area contributed by atoms with Crippen molar-refractivity contribution >= 4 is 50.5 Å². The molecular weight excluding hydrogens is 485 g/mol. The molecule has 2 aliphatic rings. The summed E-state index contributed by atoms with van der Waals surface area (Å²) in [4.78, 5) is 15.1. The number of benzene rings is 2. The summed E-state index contributed by atoms with van der Waals surface area (Å²) in [6.45, 7) is 3.67. The molecular formula is C23H27Cl2N3O4S. The van der Waals surface area contributed by atoms with Gasteiger partial charge in [-0.25, -0.2) is 12.7 Å². The largest absolute Gasteiger partial charge is 0.378 e. The van der Waals surface area contributed by atoms with E-state index >= 15 is 0 Å². The molecule has 1 N–H and O–H groups in total. The van der Waals surface area contributed by atoms with Gasteiger partial charge in [-0.2, -0.15) is 0 Å². The molecule has 10 heteroatoms. The molecule has 33 heavy (non-hydrogen) atoms. The molecule has 2 aromatic carbocycles. The predicted molar refractivity (Wildman–Crippen MR) is 131 cm³/mol. The Bertz CT molecular complexity index is 1090. The van der Waals surface area contributed by atoms with E-state index in [2.05, 4.69) is 10.2 Å². The van der Waals surface area contributed by atoms with Crippen LogP contribution in [0.1, 0.15) is 18.4 Å². The van der Waals surface area contributed by atoms with Gasteiger partial charge in [-0.3, -0.25) is 4.79 Å². The fourth-order valence-corrected chi connectivity index (χ4v) is 6.35. The van der Waals surface area contributed by atoms with Gasteiger partial charge in [0.2, 0.25) is 15.9 Å². The topological polar surface area (TPSA) is 79.0 Å². The third-order valence-electron chi connectivity index (χ3n) is 6.01. The van der Waals surface area contributed by atoms with Crippen LogP contribution < -0.4 is 10.2 Å². The highest BCUT2D eigenvalue weighted by Crippen LogP contribution is 2.27. The number of amides is 1. The monoisotopic (exact) mass is 511 g/mol. The van der Waals surface area contributed by atoms with E-state index in [4.69, 9.17) is 27.9 Å². The van der Waals surface area contributed by atoms with Crippen LogP contribution in [0.25, 0.3) is 0 Å². The molecule has 0 aromatic heterocycles. The van der Waals surface area contributed by atoms with Crippen LogP contribution in [0.5, 0.6) is 0 Å². The van der Waals surface area contributed by atoms with E-state index in [0.29, 0.717) is 53.9 Å². The second-order valence-corrected chi connectivity index (χ2v) is 11.1. The maximum absolute atomic E-state index is 13.0. The molecule has 4 rings (SSSR count). The molecule has 2 aliphatic heterocycles. The number of nitrogens with zero attached hydrogens (tertiary/aromatic N) is 2. The van der Waals surface area contributed by atoms with Crippen LogP contribution in [0.15, 0.2) is 42.5 Å². The Morgan fingerprint density at radius 2 is 1.79 bits per heavy atom. The van der Waals surface area contributed by atoms with E-state index in [0.717, 1.165) is 18.8 Å². The Morgan fingerprint density at radius 1 is 1.06 bits per heavy atom. The summed E-state index contributed by atoms with van der Waals surface area (Å²) in [6, 6.07) is 12.5. The summed E-state index contributed by atoms with van der Waals surface area (Å²) in [5, 5.41) is 3.71. The van der Waals surface area contributed by atoms with Crippen LogP contribution in [0.3, 0.4) is 0 Å². The highest BCUT2D eigenvalue weighted by Gasteiger charge is 2.32. The third-order valence-corrected chi connectivity index (χ3v) is 8.39. The van der Waals surface area contributed by atoms with Gasteiger partial charge in [-0.1, -0.05) is 29.3 Å². The van der Waals surface area contributed by atoms with Gasteiger partial charge in [-0.05, 0) is 54.8 Å². The molecule has 1 amide bonds. The summed E-state index contributed by atoms with van der Waals surface area (Å²) in [7, 11) is -3.62. The molecule has 1 atom stereocenters. The first-order valence-corrected chi connectivity index (χ1v) is 13.3. The molecule has 0 spiro atoms. The van der Waals surface area contributed by atoms with Gasteiger partial charge in [0.15, 0.2) is 0 Å². The fourth-order valence-electron chi connectivity index (χ4n) is 4.16. The van der Waals surface area contributed by atoms with Crippen LogP contribution in [-0.2, 0) is 25.3 Å². The predicted octanol–water partition coefficient (Wildman–Crippen LogP) is 4.01. The summed E-state index contributed by atoms with van der Waals surface area (Å²) in [6.07, 6.45) is 1.27. The Kier molecular flexibility index (Phi) is 7.81. The van der Waals surface area contributed by atoms with Crippen molar-refractivity contribution in [1.29, 1.82) is 0 Å². The standard InChI is InChI=1S/C23H27Cl2N3O4S/c24-19-4-3-18(22(25)14-19)16-33(30,31)28-9-1-2-17(15-28)23(29)26-20-5-7-21(8-6-20)27-10-12-32-13-11-27/h3-8,14,17H,1-2,9-13,15-16H2,(H,26,29)/t17-/m0/s1. The van der Waals surface area contributed by atoms with Crippen LogP contribution in [0.4, 0.5) is 11.4 Å². The zero-order valence-corrected chi connectivity index (χ0v) is 20.5. The van der Waals surface area contributed by atoms with Gasteiger partial charge in [0.1, 0.15) is 0 Å². The Morgan fingerprint density at radius 3 is 2.48 bits per heavy atom. The first-order chi connectivity index (χ1) is 15.8. The second-order valence-electron chi connectivity index (χ2n) is 8.32. The summed E-state index contributed by atoms with van der Waals surface area (Å²) in [5.41, 5.74) is 2.28. The molecule has 0 saturated carbocycles. The van der Waals surface area contributed by atoms with Gasteiger partial charge < -0.3 is 15.0 Å². The van der Waals surface area contributed by atoms with E-state index in [1.807, 2.05) is 24.3 Å². The average molecular weight is 512 g/mol. The lowest BCUT2D eigenvalue weighted by molar-refractivity contribution is -0.120. The van der Waals surface area contributed by atoms with Crippen LogP contribution >= 0.6 is 23.2 Å². The molecule has 0 bridgehead atoms. The van der Waals surface area contributed by atoms with E-state index in [-0.39, 0.29) is 18.2 Å². The highest BCUT2D eigenvalue weighted by molar-refractivity contribution is 7.88. The SMILES string of the molecule is O=C(Nc1ccc(N2CCOCC2)cc1)[C@H]1CCCN(S(=O)(=O)Cc2ccc(Cl)cc2Cl)C1. The van der Waals surface area contributed by atoms with Crippen LogP contribution in [0.2, 0.25) is 10.0 Å². The Hall–Kier alpha value is -1.84. The van der Waals surface area contributed by atoms with E-state index in [1.165, 1.54) is 10.4 Å². The maximum Gasteiger partial charge on any atom is 0.228 e. The number of morpholine rings is 1. The van der Waals surface area contributed by atoms with Gasteiger partial charge in [0, 0.05) is 47.6 Å². The van der Waals surface area contributed by atoms with Crippen molar-refractivity contribution in [2.45, 2.75) is 18.6 Å². The molecule has 0 radical (unpaired) electrons. The minimum atomic E-state index is -3.62. The molecule has 0 unspecified atom stereocenters. The zero-order chi connectivity index (χ0) is 23.4. The fraction of sp³-hybridized carbons (Fsp3) is 0.435. The summed E-state index contributed by atoms with van der Waals surface area (Å²) < 4.78 is 32.8. The number of halogens is 2. The number of anilines is 2. The number of hydrogen-bond donors (Lipinski definition) is 1. The van der Waals surface area contributed by atoms with Crippen molar-refractivity contribution in [2.24, 2.45) is 5.92 Å². The number of piperidine rings is 1. The smallest absolute Gasteiger partial charge is 0.228 e. The molecule has 2 saturated heterocycles. The quantitative estimate of drug-likeness (QED) is 0.633. The minimum absolute atomic E-state index is 0.158. The van der Waals surface area contributed by atoms with Crippen molar-refractivity contribution in [2.75, 3.05) is 49.6 Å². The molecule has 2 heterocycles. The number of hydrogen-bond acceptors (Lipinski definition) is 5. The minimum Gasteiger partial charge on any atom is -0.378 e. The normalized spacial score (nSPS) is 19.9. The number of nitrogens with one attached hydrogen (secondary N) is 1. The average Bonchev–Trinajstić information content (AvgIpc) is 2.82. The molecule has 178 valence electrons. The van der Waals surface area contributed by atoms with Crippen molar-refractivity contribution in [3.8, 4) is 0 Å². The van der Waals surface area contributed by atoms with E-state index in [1.54, 1.807) is 12.1 Å². The number of rotatable bonds is 6. The Labute approximate surface area is 204 Å². The number of ether oxygens (including phenoxy) is 1. The molecule has 7 nitrogen and oxygen atoms in total. The van der Waals surface area contributed by atoms with Gasteiger partial charge in [0.25, 0.3) is 0 Å². The third kappa shape index (κ3) is 6.19. The van der Waals surface area contributed by atoms with Crippen LogP contribution in [0, 0.1) is 5.92 Å². The van der Waals surface area contributed by atoms with Crippen molar-refractivity contribution in [3.63, 3.8) is 0 Å². The number of carbonyl (C=O) groups is 1. The lowest BCUT2D eigenvalue weighted by atomic mass is 9.98. The first-order valence-electron chi connectivity index (χ1n) is 11.0. The molecule has 2 aromatic rings. The molecule has 2 fully saturated rings. The van der Waals surface area contributed by atoms with Crippen molar-refractivity contribution in [1.82, 2.24) is 4.31 Å².